The topological polar surface area (TPSA) is 21.3 Å². The third-order valence-electron chi connectivity index (χ3n) is 2.71. The molecule has 16 heavy (non-hydrogen) atoms. The van der Waals surface area contributed by atoms with Crippen molar-refractivity contribution >= 4 is 15.9 Å². The summed E-state index contributed by atoms with van der Waals surface area (Å²) in [6.45, 7) is 5.17. The first kappa shape index (κ1) is 12.0. The van der Waals surface area contributed by atoms with Crippen LogP contribution in [0, 0.1) is 5.82 Å². The maximum atomic E-state index is 13.9. The fourth-order valence-corrected chi connectivity index (χ4v) is 2.39. The van der Waals surface area contributed by atoms with E-state index in [1.54, 1.807) is 0 Å². The molecule has 2 rings (SSSR count). The maximum Gasteiger partial charge on any atom is 0.129 e. The zero-order valence-electron chi connectivity index (χ0n) is 9.39. The summed E-state index contributed by atoms with van der Waals surface area (Å²) in [5, 5.41) is 3.39. The zero-order chi connectivity index (χ0) is 11.8. The molecular weight excluding hydrogens is 273 g/mol. The second-order valence-corrected chi connectivity index (χ2v) is 5.41. The highest BCUT2D eigenvalue weighted by molar-refractivity contribution is 9.10. The second kappa shape index (κ2) is 4.43. The van der Waals surface area contributed by atoms with E-state index in [-0.39, 0.29) is 11.4 Å². The Bertz CT molecular complexity index is 391. The van der Waals surface area contributed by atoms with E-state index in [9.17, 15) is 4.39 Å². The SMILES string of the molecule is CC(C)NC1(c2ccc(Br)cc2F)COC1. The zero-order valence-corrected chi connectivity index (χ0v) is 11.0. The average molecular weight is 288 g/mol. The molecule has 1 aliphatic rings. The van der Waals surface area contributed by atoms with E-state index in [4.69, 9.17) is 4.74 Å². The predicted molar refractivity (Wildman–Crippen MR) is 64.9 cm³/mol. The van der Waals surface area contributed by atoms with Crippen LogP contribution in [0.15, 0.2) is 22.7 Å². The third-order valence-corrected chi connectivity index (χ3v) is 3.20. The van der Waals surface area contributed by atoms with Crippen molar-refractivity contribution in [2.24, 2.45) is 0 Å². The van der Waals surface area contributed by atoms with Crippen LogP contribution in [0.2, 0.25) is 0 Å². The Morgan fingerprint density at radius 1 is 1.44 bits per heavy atom. The first-order valence-corrected chi connectivity index (χ1v) is 6.14. The Labute approximate surface area is 103 Å². The molecule has 1 saturated heterocycles. The third kappa shape index (κ3) is 2.14. The predicted octanol–water partition coefficient (Wildman–Crippen LogP) is 2.81. The molecule has 2 nitrogen and oxygen atoms in total. The minimum Gasteiger partial charge on any atom is -0.377 e. The van der Waals surface area contributed by atoms with Gasteiger partial charge in [-0.1, -0.05) is 22.0 Å². The minimum atomic E-state index is -0.348. The fraction of sp³-hybridized carbons (Fsp3) is 0.500. The van der Waals surface area contributed by atoms with Crippen molar-refractivity contribution < 1.29 is 9.13 Å². The van der Waals surface area contributed by atoms with E-state index in [1.165, 1.54) is 6.07 Å². The van der Waals surface area contributed by atoms with Crippen molar-refractivity contribution in [3.05, 3.63) is 34.1 Å². The van der Waals surface area contributed by atoms with Crippen molar-refractivity contribution in [3.63, 3.8) is 0 Å². The molecule has 0 aromatic heterocycles. The Morgan fingerprint density at radius 3 is 2.56 bits per heavy atom. The van der Waals surface area contributed by atoms with Gasteiger partial charge in [0.05, 0.1) is 18.8 Å². The van der Waals surface area contributed by atoms with Crippen LogP contribution < -0.4 is 5.32 Å². The number of hydrogen-bond acceptors (Lipinski definition) is 2. The molecule has 0 unspecified atom stereocenters. The maximum absolute atomic E-state index is 13.9. The molecule has 1 fully saturated rings. The van der Waals surface area contributed by atoms with Gasteiger partial charge in [-0.25, -0.2) is 4.39 Å². The van der Waals surface area contributed by atoms with Gasteiger partial charge in [0.25, 0.3) is 0 Å². The van der Waals surface area contributed by atoms with Crippen LogP contribution in [-0.2, 0) is 10.3 Å². The van der Waals surface area contributed by atoms with E-state index in [0.717, 1.165) is 4.47 Å². The van der Waals surface area contributed by atoms with Crippen LogP contribution in [-0.4, -0.2) is 19.3 Å². The van der Waals surface area contributed by atoms with Crippen LogP contribution in [0.3, 0.4) is 0 Å². The van der Waals surface area contributed by atoms with Gasteiger partial charge in [0, 0.05) is 16.1 Å². The van der Waals surface area contributed by atoms with Crippen molar-refractivity contribution in [1.29, 1.82) is 0 Å². The lowest BCUT2D eigenvalue weighted by atomic mass is 9.87. The standard InChI is InChI=1S/C12H15BrFNO/c1-8(2)15-12(6-16-7-12)10-4-3-9(13)5-11(10)14/h3-5,8,15H,6-7H2,1-2H3. The average Bonchev–Trinajstić information content (AvgIpc) is 2.12. The Balaban J connectivity index is 2.33. The van der Waals surface area contributed by atoms with Gasteiger partial charge in [-0.3, -0.25) is 0 Å². The normalized spacial score (nSPS) is 18.6. The molecule has 0 spiro atoms. The molecule has 0 atom stereocenters. The Morgan fingerprint density at radius 2 is 2.12 bits per heavy atom. The van der Waals surface area contributed by atoms with Crippen LogP contribution >= 0.6 is 15.9 Å². The van der Waals surface area contributed by atoms with Gasteiger partial charge in [0.15, 0.2) is 0 Å². The van der Waals surface area contributed by atoms with E-state index >= 15 is 0 Å². The molecule has 4 heteroatoms. The molecule has 0 aliphatic carbocycles. The summed E-state index contributed by atoms with van der Waals surface area (Å²) >= 11 is 3.26. The minimum absolute atomic E-state index is 0.189. The molecule has 1 aliphatic heterocycles. The quantitative estimate of drug-likeness (QED) is 0.923. The number of halogens is 2. The fourth-order valence-electron chi connectivity index (χ4n) is 2.05. The summed E-state index contributed by atoms with van der Waals surface area (Å²) in [5.41, 5.74) is 0.342. The summed E-state index contributed by atoms with van der Waals surface area (Å²) in [5.74, 6) is -0.189. The van der Waals surface area contributed by atoms with E-state index in [2.05, 4.69) is 35.1 Å². The molecule has 1 aromatic rings. The highest BCUT2D eigenvalue weighted by atomic mass is 79.9. The summed E-state index contributed by atoms with van der Waals surface area (Å²) < 4.78 is 19.9. The van der Waals surface area contributed by atoms with Gasteiger partial charge in [-0.05, 0) is 26.0 Å². The highest BCUT2D eigenvalue weighted by Crippen LogP contribution is 2.33. The molecule has 1 heterocycles. The molecular formula is C12H15BrFNO. The molecule has 0 bridgehead atoms. The number of nitrogens with one attached hydrogen (secondary N) is 1. The number of rotatable bonds is 3. The van der Waals surface area contributed by atoms with Crippen LogP contribution in [0.1, 0.15) is 19.4 Å². The van der Waals surface area contributed by atoms with Gasteiger partial charge in [0.1, 0.15) is 5.82 Å². The van der Waals surface area contributed by atoms with Gasteiger partial charge < -0.3 is 10.1 Å². The lowest BCUT2D eigenvalue weighted by molar-refractivity contribution is -0.0839. The molecule has 88 valence electrons. The Hall–Kier alpha value is -0.450. The van der Waals surface area contributed by atoms with Crippen LogP contribution in [0.5, 0.6) is 0 Å². The lowest BCUT2D eigenvalue weighted by Gasteiger charge is -2.44. The summed E-state index contributed by atoms with van der Waals surface area (Å²) in [7, 11) is 0. The molecule has 1 aromatic carbocycles. The van der Waals surface area contributed by atoms with Gasteiger partial charge in [0.2, 0.25) is 0 Å². The van der Waals surface area contributed by atoms with E-state index in [1.807, 2.05) is 12.1 Å². The van der Waals surface area contributed by atoms with Gasteiger partial charge in [-0.2, -0.15) is 0 Å². The number of benzene rings is 1. The summed E-state index contributed by atoms with van der Waals surface area (Å²) in [6.07, 6.45) is 0. The van der Waals surface area contributed by atoms with E-state index < -0.39 is 0 Å². The first-order chi connectivity index (χ1) is 7.53. The van der Waals surface area contributed by atoms with Gasteiger partial charge >= 0.3 is 0 Å². The highest BCUT2D eigenvalue weighted by Gasteiger charge is 2.42. The van der Waals surface area contributed by atoms with E-state index in [0.29, 0.717) is 24.8 Å². The first-order valence-electron chi connectivity index (χ1n) is 5.34. The van der Waals surface area contributed by atoms with Crippen molar-refractivity contribution in [1.82, 2.24) is 5.32 Å². The van der Waals surface area contributed by atoms with Crippen LogP contribution in [0.4, 0.5) is 4.39 Å². The molecule has 1 N–H and O–H groups in total. The monoisotopic (exact) mass is 287 g/mol. The molecule has 0 radical (unpaired) electrons. The summed E-state index contributed by atoms with van der Waals surface area (Å²) in [6, 6.07) is 5.47. The number of ether oxygens (including phenoxy) is 1. The number of hydrogen-bond donors (Lipinski definition) is 1. The van der Waals surface area contributed by atoms with Gasteiger partial charge in [-0.15, -0.1) is 0 Å². The lowest BCUT2D eigenvalue weighted by Crippen LogP contribution is -2.59. The largest absolute Gasteiger partial charge is 0.377 e. The Kier molecular flexibility index (Phi) is 3.33. The second-order valence-electron chi connectivity index (χ2n) is 4.50. The van der Waals surface area contributed by atoms with Crippen molar-refractivity contribution in [2.45, 2.75) is 25.4 Å². The van der Waals surface area contributed by atoms with Crippen LogP contribution in [0.25, 0.3) is 0 Å². The van der Waals surface area contributed by atoms with Crippen molar-refractivity contribution in [3.8, 4) is 0 Å². The smallest absolute Gasteiger partial charge is 0.129 e. The summed E-state index contributed by atoms with van der Waals surface area (Å²) in [4.78, 5) is 0. The molecule has 0 saturated carbocycles. The van der Waals surface area contributed by atoms with Crippen molar-refractivity contribution in [2.75, 3.05) is 13.2 Å². The molecule has 0 amide bonds.